The number of nitrogens with zero attached hydrogens (tertiary/aromatic N) is 2. The molecule has 0 amide bonds. The molecule has 106 valence electrons. The minimum Gasteiger partial charge on any atom is -0.298 e. The molecule has 3 rings (SSSR count). The normalized spacial score (nSPS) is 10.8. The van der Waals surface area contributed by atoms with Crippen LogP contribution in [0.5, 0.6) is 0 Å². The molecule has 0 atom stereocenters. The summed E-state index contributed by atoms with van der Waals surface area (Å²) in [6.07, 6.45) is 2.64. The minimum atomic E-state index is 0.595. The van der Waals surface area contributed by atoms with Crippen LogP contribution in [0.1, 0.15) is 21.5 Å². The highest BCUT2D eigenvalue weighted by Gasteiger charge is 2.15. The van der Waals surface area contributed by atoms with Crippen LogP contribution in [0.25, 0.3) is 16.3 Å². The fourth-order valence-electron chi connectivity index (χ4n) is 2.33. The molecule has 0 saturated carbocycles. The van der Waals surface area contributed by atoms with Crippen LogP contribution in [0.3, 0.4) is 0 Å². The summed E-state index contributed by atoms with van der Waals surface area (Å²) in [6, 6.07) is 8.19. The molecule has 2 aromatic heterocycles. The summed E-state index contributed by atoms with van der Waals surface area (Å²) in [6.45, 7) is 4.11. The number of aryl methyl sites for hydroxylation is 2. The Morgan fingerprint density at radius 3 is 2.52 bits per heavy atom. The zero-order valence-electron chi connectivity index (χ0n) is 11.6. The molecule has 0 bridgehead atoms. The highest BCUT2D eigenvalue weighted by atomic mass is 79.9. The summed E-state index contributed by atoms with van der Waals surface area (Å²) < 4.78 is 2.73. The number of benzene rings is 1. The average Bonchev–Trinajstić information content (AvgIpc) is 3.03. The Kier molecular flexibility index (Phi) is 3.78. The van der Waals surface area contributed by atoms with Gasteiger partial charge in [0.2, 0.25) is 0 Å². The molecule has 3 aromatic rings. The van der Waals surface area contributed by atoms with Gasteiger partial charge in [-0.25, -0.2) is 4.68 Å². The molecule has 0 N–H and O–H groups in total. The Balaban J connectivity index is 2.16. The first-order valence-electron chi connectivity index (χ1n) is 6.45. The largest absolute Gasteiger partial charge is 0.298 e. The molecule has 0 aliphatic rings. The quantitative estimate of drug-likeness (QED) is 0.629. The van der Waals surface area contributed by atoms with Gasteiger partial charge in [0.25, 0.3) is 0 Å². The van der Waals surface area contributed by atoms with Gasteiger partial charge in [0, 0.05) is 10.7 Å². The summed E-state index contributed by atoms with van der Waals surface area (Å²) in [5.41, 5.74) is 4.62. The lowest BCUT2D eigenvalue weighted by atomic mass is 10.1. The maximum atomic E-state index is 11.3. The standard InChI is InChI=1S/C16H13BrN2OS/c1-10-5-11(2)7-13(6-10)19-8-12(9-20)15(18-19)16-14(17)3-4-21-16/h3-9H,1-2H3. The molecule has 3 nitrogen and oxygen atoms in total. The predicted molar refractivity (Wildman–Crippen MR) is 89.4 cm³/mol. The van der Waals surface area contributed by atoms with Crippen molar-refractivity contribution in [3.63, 3.8) is 0 Å². The van der Waals surface area contributed by atoms with Gasteiger partial charge in [-0.2, -0.15) is 5.10 Å². The lowest BCUT2D eigenvalue weighted by Crippen LogP contribution is -1.96. The van der Waals surface area contributed by atoms with Crippen molar-refractivity contribution in [3.05, 3.63) is 57.0 Å². The maximum Gasteiger partial charge on any atom is 0.153 e. The van der Waals surface area contributed by atoms with Gasteiger partial charge in [0.15, 0.2) is 6.29 Å². The highest BCUT2D eigenvalue weighted by molar-refractivity contribution is 9.10. The first-order valence-corrected chi connectivity index (χ1v) is 8.12. The third-order valence-corrected chi connectivity index (χ3v) is 5.02. The summed E-state index contributed by atoms with van der Waals surface area (Å²) in [7, 11) is 0. The molecule has 0 saturated heterocycles. The van der Waals surface area contributed by atoms with E-state index in [0.717, 1.165) is 21.3 Å². The molecular weight excluding hydrogens is 348 g/mol. The Bertz CT molecular complexity index is 799. The van der Waals surface area contributed by atoms with E-state index in [1.807, 2.05) is 11.4 Å². The van der Waals surface area contributed by atoms with Crippen molar-refractivity contribution in [3.8, 4) is 16.3 Å². The molecular formula is C16H13BrN2OS. The number of hydrogen-bond donors (Lipinski definition) is 0. The zero-order valence-corrected chi connectivity index (χ0v) is 14.0. The Morgan fingerprint density at radius 1 is 1.24 bits per heavy atom. The van der Waals surface area contributed by atoms with Gasteiger partial charge in [-0.3, -0.25) is 4.79 Å². The van der Waals surface area contributed by atoms with Crippen LogP contribution in [0.15, 0.2) is 40.3 Å². The number of halogens is 1. The van der Waals surface area contributed by atoms with E-state index in [1.165, 1.54) is 11.1 Å². The fraction of sp³-hybridized carbons (Fsp3) is 0.125. The summed E-state index contributed by atoms with van der Waals surface area (Å²) in [5, 5.41) is 6.58. The van der Waals surface area contributed by atoms with Crippen LogP contribution in [-0.4, -0.2) is 16.1 Å². The van der Waals surface area contributed by atoms with Gasteiger partial charge in [-0.05, 0) is 64.5 Å². The molecule has 0 aliphatic carbocycles. The van der Waals surface area contributed by atoms with Crippen molar-refractivity contribution in [2.75, 3.05) is 0 Å². The van der Waals surface area contributed by atoms with E-state index in [2.05, 4.69) is 53.1 Å². The number of carbonyl (C=O) groups is 1. The van der Waals surface area contributed by atoms with Gasteiger partial charge < -0.3 is 0 Å². The van der Waals surface area contributed by atoms with Crippen molar-refractivity contribution in [1.29, 1.82) is 0 Å². The second-order valence-corrected chi connectivity index (χ2v) is 6.71. The molecule has 21 heavy (non-hydrogen) atoms. The van der Waals surface area contributed by atoms with Crippen LogP contribution >= 0.6 is 27.3 Å². The van der Waals surface area contributed by atoms with Gasteiger partial charge in [0.1, 0.15) is 5.69 Å². The molecule has 0 radical (unpaired) electrons. The highest BCUT2D eigenvalue weighted by Crippen LogP contribution is 2.34. The Morgan fingerprint density at radius 2 is 1.95 bits per heavy atom. The van der Waals surface area contributed by atoms with E-state index in [4.69, 9.17) is 0 Å². The molecule has 0 spiro atoms. The van der Waals surface area contributed by atoms with E-state index < -0.39 is 0 Å². The summed E-state index contributed by atoms with van der Waals surface area (Å²) in [4.78, 5) is 12.3. The van der Waals surface area contributed by atoms with Crippen molar-refractivity contribution in [2.24, 2.45) is 0 Å². The topological polar surface area (TPSA) is 34.9 Å². The van der Waals surface area contributed by atoms with Crippen molar-refractivity contribution in [2.45, 2.75) is 13.8 Å². The lowest BCUT2D eigenvalue weighted by Gasteiger charge is -2.04. The van der Waals surface area contributed by atoms with Crippen molar-refractivity contribution >= 4 is 33.6 Å². The molecule has 2 heterocycles. The fourth-order valence-corrected chi connectivity index (χ4v) is 3.89. The second kappa shape index (κ2) is 5.58. The average molecular weight is 361 g/mol. The molecule has 0 aliphatic heterocycles. The van der Waals surface area contributed by atoms with Crippen molar-refractivity contribution < 1.29 is 4.79 Å². The van der Waals surface area contributed by atoms with Crippen LogP contribution in [0, 0.1) is 13.8 Å². The van der Waals surface area contributed by atoms with E-state index in [1.54, 1.807) is 22.2 Å². The number of thiophene rings is 1. The molecule has 5 heteroatoms. The minimum absolute atomic E-state index is 0.595. The first-order chi connectivity index (χ1) is 10.1. The Hall–Kier alpha value is -1.72. The lowest BCUT2D eigenvalue weighted by molar-refractivity contribution is 0.112. The number of hydrogen-bond acceptors (Lipinski definition) is 3. The SMILES string of the molecule is Cc1cc(C)cc(-n2cc(C=O)c(-c3sccc3Br)n2)c1. The maximum absolute atomic E-state index is 11.3. The Labute approximate surface area is 135 Å². The van der Waals surface area contributed by atoms with Gasteiger partial charge in [0.05, 0.1) is 16.1 Å². The van der Waals surface area contributed by atoms with Gasteiger partial charge >= 0.3 is 0 Å². The second-order valence-electron chi connectivity index (χ2n) is 4.94. The van der Waals surface area contributed by atoms with Crippen molar-refractivity contribution in [1.82, 2.24) is 9.78 Å². The monoisotopic (exact) mass is 360 g/mol. The number of rotatable bonds is 3. The summed E-state index contributed by atoms with van der Waals surface area (Å²) in [5.74, 6) is 0. The molecule has 0 fully saturated rings. The van der Waals surface area contributed by atoms with Gasteiger partial charge in [-0.1, -0.05) is 6.07 Å². The van der Waals surface area contributed by atoms with E-state index in [0.29, 0.717) is 11.3 Å². The zero-order chi connectivity index (χ0) is 15.0. The number of aromatic nitrogens is 2. The summed E-state index contributed by atoms with van der Waals surface area (Å²) >= 11 is 5.07. The third kappa shape index (κ3) is 2.71. The van der Waals surface area contributed by atoms with Gasteiger partial charge in [-0.15, -0.1) is 11.3 Å². The first kappa shape index (κ1) is 14.2. The van der Waals surface area contributed by atoms with E-state index >= 15 is 0 Å². The third-order valence-electron chi connectivity index (χ3n) is 3.17. The molecule has 0 unspecified atom stereocenters. The molecule has 1 aromatic carbocycles. The predicted octanol–water partition coefficient (Wildman–Crippen LogP) is 4.79. The number of aldehydes is 1. The number of carbonyl (C=O) groups excluding carboxylic acids is 1. The smallest absolute Gasteiger partial charge is 0.153 e. The van der Waals surface area contributed by atoms with E-state index in [-0.39, 0.29) is 0 Å². The van der Waals surface area contributed by atoms with Crippen LogP contribution in [-0.2, 0) is 0 Å². The van der Waals surface area contributed by atoms with Crippen LogP contribution in [0.2, 0.25) is 0 Å². The van der Waals surface area contributed by atoms with Crippen LogP contribution < -0.4 is 0 Å². The van der Waals surface area contributed by atoms with E-state index in [9.17, 15) is 4.79 Å². The van der Waals surface area contributed by atoms with Crippen LogP contribution in [0.4, 0.5) is 0 Å².